The molecule has 0 bridgehead atoms. The Morgan fingerprint density at radius 1 is 1.35 bits per heavy atom. The Morgan fingerprint density at radius 2 is 2.09 bits per heavy atom. The van der Waals surface area contributed by atoms with Gasteiger partial charge >= 0.3 is 0 Å². The minimum Gasteiger partial charge on any atom is -0.313 e. The highest BCUT2D eigenvalue weighted by molar-refractivity contribution is 7.89. The number of sulfonamides is 1. The number of hydrogen-bond acceptors (Lipinski definition) is 5. The van der Waals surface area contributed by atoms with Gasteiger partial charge in [-0.2, -0.15) is 9.57 Å². The van der Waals surface area contributed by atoms with Crippen molar-refractivity contribution in [3.63, 3.8) is 0 Å². The van der Waals surface area contributed by atoms with Gasteiger partial charge in [0.1, 0.15) is 12.2 Å². The normalized spacial score (nSPS) is 18.9. The number of aromatic nitrogens is 3. The van der Waals surface area contributed by atoms with Crippen molar-refractivity contribution in [2.24, 2.45) is 0 Å². The molecule has 0 N–H and O–H groups in total. The summed E-state index contributed by atoms with van der Waals surface area (Å²) in [4.78, 5) is 0.219. The fourth-order valence-corrected chi connectivity index (χ4v) is 4.32. The van der Waals surface area contributed by atoms with Gasteiger partial charge in [0.05, 0.1) is 22.6 Å². The molecule has 1 saturated heterocycles. The van der Waals surface area contributed by atoms with Gasteiger partial charge < -0.3 is 4.57 Å². The molecule has 120 valence electrons. The Balaban J connectivity index is 1.81. The first-order chi connectivity index (χ1) is 11.1. The molecule has 1 aliphatic heterocycles. The Labute approximate surface area is 135 Å². The van der Waals surface area contributed by atoms with E-state index in [1.165, 1.54) is 28.6 Å². The summed E-state index contributed by atoms with van der Waals surface area (Å²) in [5.74, 6) is 0.868. The molecule has 1 aromatic carbocycles. The number of benzene rings is 1. The van der Waals surface area contributed by atoms with Crippen molar-refractivity contribution in [1.29, 1.82) is 5.26 Å². The van der Waals surface area contributed by atoms with E-state index in [4.69, 9.17) is 5.26 Å². The maximum Gasteiger partial charge on any atom is 0.243 e. The number of nitriles is 1. The second-order valence-corrected chi connectivity index (χ2v) is 7.39. The van der Waals surface area contributed by atoms with Gasteiger partial charge in [-0.1, -0.05) is 6.92 Å². The number of rotatable bonds is 4. The zero-order valence-electron chi connectivity index (χ0n) is 12.8. The third-order valence-corrected chi connectivity index (χ3v) is 5.98. The van der Waals surface area contributed by atoms with Gasteiger partial charge in [0, 0.05) is 19.5 Å². The predicted octanol–water partition coefficient (Wildman–Crippen LogP) is 1.35. The molecule has 8 heteroatoms. The topological polar surface area (TPSA) is 91.9 Å². The second-order valence-electron chi connectivity index (χ2n) is 5.45. The van der Waals surface area contributed by atoms with Crippen LogP contribution in [0.2, 0.25) is 0 Å². The summed E-state index contributed by atoms with van der Waals surface area (Å²) in [5, 5.41) is 16.8. The molecule has 0 radical (unpaired) electrons. The van der Waals surface area contributed by atoms with Crippen LogP contribution in [0.3, 0.4) is 0 Å². The Morgan fingerprint density at radius 3 is 2.74 bits per heavy atom. The van der Waals surface area contributed by atoms with Crippen LogP contribution in [0.1, 0.15) is 30.8 Å². The maximum atomic E-state index is 12.7. The van der Waals surface area contributed by atoms with Gasteiger partial charge in [-0.25, -0.2) is 8.42 Å². The molecule has 0 spiro atoms. The summed E-state index contributed by atoms with van der Waals surface area (Å²) < 4.78 is 28.9. The van der Waals surface area contributed by atoms with Crippen molar-refractivity contribution in [2.75, 3.05) is 13.1 Å². The molecule has 2 aromatic rings. The molecule has 3 rings (SSSR count). The van der Waals surface area contributed by atoms with Crippen LogP contribution in [-0.2, 0) is 16.4 Å². The molecule has 1 fully saturated rings. The highest BCUT2D eigenvalue weighted by Crippen LogP contribution is 2.28. The standard InChI is InChI=1S/C15H17N5O2S/c1-2-15-18-17-11-20(15)13-7-8-19(10-13)23(21,22)14-5-3-12(9-16)4-6-14/h3-6,11,13H,2,7-8,10H2,1H3/t13-/m1/s1. The molecular weight excluding hydrogens is 314 g/mol. The fraction of sp³-hybridized carbons (Fsp3) is 0.400. The van der Waals surface area contributed by atoms with Crippen molar-refractivity contribution in [2.45, 2.75) is 30.7 Å². The first kappa shape index (κ1) is 15.6. The van der Waals surface area contributed by atoms with Crippen molar-refractivity contribution < 1.29 is 8.42 Å². The van der Waals surface area contributed by atoms with Crippen LogP contribution in [0.5, 0.6) is 0 Å². The highest BCUT2D eigenvalue weighted by Gasteiger charge is 2.34. The molecule has 7 nitrogen and oxygen atoms in total. The summed E-state index contributed by atoms with van der Waals surface area (Å²) in [6.45, 7) is 2.88. The van der Waals surface area contributed by atoms with Crippen LogP contribution in [0.25, 0.3) is 0 Å². The summed E-state index contributed by atoms with van der Waals surface area (Å²) in [6, 6.07) is 8.06. The van der Waals surface area contributed by atoms with E-state index >= 15 is 0 Å². The monoisotopic (exact) mass is 331 g/mol. The zero-order chi connectivity index (χ0) is 16.4. The summed E-state index contributed by atoms with van der Waals surface area (Å²) in [7, 11) is -3.54. The maximum absolute atomic E-state index is 12.7. The predicted molar refractivity (Wildman–Crippen MR) is 83.0 cm³/mol. The van der Waals surface area contributed by atoms with Gasteiger partial charge in [-0.15, -0.1) is 10.2 Å². The van der Waals surface area contributed by atoms with Crippen molar-refractivity contribution in [3.8, 4) is 6.07 Å². The van der Waals surface area contributed by atoms with Crippen LogP contribution in [0.15, 0.2) is 35.5 Å². The van der Waals surface area contributed by atoms with E-state index in [0.717, 1.165) is 18.7 Å². The van der Waals surface area contributed by atoms with E-state index in [-0.39, 0.29) is 10.9 Å². The van der Waals surface area contributed by atoms with Gasteiger partial charge in [-0.3, -0.25) is 0 Å². The number of nitrogens with zero attached hydrogens (tertiary/aromatic N) is 5. The molecule has 23 heavy (non-hydrogen) atoms. The molecule has 0 aliphatic carbocycles. The lowest BCUT2D eigenvalue weighted by Crippen LogP contribution is -2.29. The largest absolute Gasteiger partial charge is 0.313 e. The smallest absolute Gasteiger partial charge is 0.243 e. The fourth-order valence-electron chi connectivity index (χ4n) is 2.83. The molecular formula is C15H17N5O2S. The van der Waals surface area contributed by atoms with Crippen molar-refractivity contribution in [3.05, 3.63) is 42.0 Å². The average molecular weight is 331 g/mol. The quantitative estimate of drug-likeness (QED) is 0.843. The lowest BCUT2D eigenvalue weighted by Gasteiger charge is -2.17. The zero-order valence-corrected chi connectivity index (χ0v) is 13.6. The van der Waals surface area contributed by atoms with Crippen molar-refractivity contribution >= 4 is 10.0 Å². The van der Waals surface area contributed by atoms with Crippen LogP contribution < -0.4 is 0 Å². The number of aryl methyl sites for hydroxylation is 1. The Hall–Kier alpha value is -2.24. The average Bonchev–Trinajstić information content (AvgIpc) is 3.23. The second kappa shape index (κ2) is 6.10. The molecule has 2 heterocycles. The minimum atomic E-state index is -3.54. The van der Waals surface area contributed by atoms with Gasteiger partial charge in [0.2, 0.25) is 10.0 Å². The van der Waals surface area contributed by atoms with E-state index in [1.54, 1.807) is 6.33 Å². The minimum absolute atomic E-state index is 0.0631. The summed E-state index contributed by atoms with van der Waals surface area (Å²) in [5.41, 5.74) is 0.445. The van der Waals surface area contributed by atoms with Crippen LogP contribution in [-0.4, -0.2) is 40.6 Å². The third kappa shape index (κ3) is 2.85. The van der Waals surface area contributed by atoms with Crippen LogP contribution in [0.4, 0.5) is 0 Å². The summed E-state index contributed by atoms with van der Waals surface area (Å²) in [6.07, 6.45) is 3.17. The van der Waals surface area contributed by atoms with E-state index in [0.29, 0.717) is 18.7 Å². The lowest BCUT2D eigenvalue weighted by molar-refractivity contribution is 0.447. The molecule has 0 amide bonds. The highest BCUT2D eigenvalue weighted by atomic mass is 32.2. The Kier molecular flexibility index (Phi) is 4.15. The third-order valence-electron chi connectivity index (χ3n) is 4.10. The van der Waals surface area contributed by atoms with E-state index in [1.807, 2.05) is 17.6 Å². The van der Waals surface area contributed by atoms with Gasteiger partial charge in [-0.05, 0) is 30.7 Å². The molecule has 1 atom stereocenters. The number of hydrogen-bond donors (Lipinski definition) is 0. The lowest BCUT2D eigenvalue weighted by atomic mass is 10.2. The Bertz CT molecular complexity index is 835. The first-order valence-electron chi connectivity index (χ1n) is 7.45. The van der Waals surface area contributed by atoms with Crippen LogP contribution >= 0.6 is 0 Å². The van der Waals surface area contributed by atoms with E-state index in [9.17, 15) is 8.42 Å². The molecule has 0 saturated carbocycles. The van der Waals surface area contributed by atoms with Gasteiger partial charge in [0.25, 0.3) is 0 Å². The van der Waals surface area contributed by atoms with Crippen molar-refractivity contribution in [1.82, 2.24) is 19.1 Å². The molecule has 1 aromatic heterocycles. The van der Waals surface area contributed by atoms with Crippen LogP contribution in [0, 0.1) is 11.3 Å². The molecule has 1 aliphatic rings. The first-order valence-corrected chi connectivity index (χ1v) is 8.89. The van der Waals surface area contributed by atoms with Gasteiger partial charge in [0.15, 0.2) is 0 Å². The van der Waals surface area contributed by atoms with E-state index in [2.05, 4.69) is 10.2 Å². The van der Waals surface area contributed by atoms with E-state index < -0.39 is 10.0 Å². The summed E-state index contributed by atoms with van der Waals surface area (Å²) >= 11 is 0. The molecule has 0 unspecified atom stereocenters. The SMILES string of the molecule is CCc1nncn1[C@@H]1CCN(S(=O)(=O)c2ccc(C#N)cc2)C1.